The summed E-state index contributed by atoms with van der Waals surface area (Å²) in [7, 11) is -3.54. The Balaban J connectivity index is 1.62. The molecule has 0 unspecified atom stereocenters. The van der Waals surface area contributed by atoms with Gasteiger partial charge in [-0.3, -0.25) is 4.79 Å². The normalized spacial score (nSPS) is 15.5. The lowest BCUT2D eigenvalue weighted by Crippen LogP contribution is -2.29. The molecule has 9 heteroatoms. The SMILES string of the molecule is O=c1ccc(S(=O)(=O)N2CCCC2)cn1Cc1csc(-c2cccs2)n1. The summed E-state index contributed by atoms with van der Waals surface area (Å²) in [6.07, 6.45) is 3.19. The Kier molecular flexibility index (Phi) is 4.78. The summed E-state index contributed by atoms with van der Waals surface area (Å²) in [5, 5.41) is 4.81. The fraction of sp³-hybridized carbons (Fsp3) is 0.294. The maximum Gasteiger partial charge on any atom is 0.250 e. The molecule has 0 aromatic carbocycles. The van der Waals surface area contributed by atoms with Crippen LogP contribution in [0.3, 0.4) is 0 Å². The molecule has 4 heterocycles. The van der Waals surface area contributed by atoms with Gasteiger partial charge in [0, 0.05) is 30.7 Å². The van der Waals surface area contributed by atoms with E-state index in [2.05, 4.69) is 4.98 Å². The van der Waals surface area contributed by atoms with Gasteiger partial charge in [0.2, 0.25) is 10.0 Å². The van der Waals surface area contributed by atoms with Gasteiger partial charge in [0.15, 0.2) is 0 Å². The Morgan fingerprint density at radius 3 is 2.65 bits per heavy atom. The smallest absolute Gasteiger partial charge is 0.250 e. The third-order valence-electron chi connectivity index (χ3n) is 4.28. The molecule has 0 atom stereocenters. The van der Waals surface area contributed by atoms with E-state index in [0.717, 1.165) is 28.4 Å². The second kappa shape index (κ2) is 7.07. The summed E-state index contributed by atoms with van der Waals surface area (Å²) in [5.74, 6) is 0. The molecule has 1 aliphatic heterocycles. The molecule has 26 heavy (non-hydrogen) atoms. The summed E-state index contributed by atoms with van der Waals surface area (Å²) in [5.41, 5.74) is 0.507. The zero-order valence-electron chi connectivity index (χ0n) is 13.9. The second-order valence-electron chi connectivity index (χ2n) is 6.06. The molecule has 0 amide bonds. The van der Waals surface area contributed by atoms with Crippen LogP contribution >= 0.6 is 22.7 Å². The van der Waals surface area contributed by atoms with Gasteiger partial charge in [-0.05, 0) is 30.4 Å². The largest absolute Gasteiger partial charge is 0.308 e. The fourth-order valence-corrected chi connectivity index (χ4v) is 6.09. The highest BCUT2D eigenvalue weighted by molar-refractivity contribution is 7.89. The van der Waals surface area contributed by atoms with Crippen LogP contribution in [0.1, 0.15) is 18.5 Å². The summed E-state index contributed by atoms with van der Waals surface area (Å²) in [6, 6.07) is 6.68. The van der Waals surface area contributed by atoms with Crippen molar-refractivity contribution in [3.8, 4) is 9.88 Å². The Morgan fingerprint density at radius 2 is 1.92 bits per heavy atom. The van der Waals surface area contributed by atoms with E-state index in [1.807, 2.05) is 22.9 Å². The Bertz CT molecular complexity index is 1060. The number of hydrogen-bond donors (Lipinski definition) is 0. The molecule has 6 nitrogen and oxygen atoms in total. The van der Waals surface area contributed by atoms with Crippen LogP contribution in [-0.4, -0.2) is 35.4 Å². The number of aromatic nitrogens is 2. The molecule has 0 spiro atoms. The number of hydrogen-bond acceptors (Lipinski definition) is 6. The maximum atomic E-state index is 12.7. The van der Waals surface area contributed by atoms with Crippen LogP contribution < -0.4 is 5.56 Å². The zero-order chi connectivity index (χ0) is 18.1. The predicted molar refractivity (Wildman–Crippen MR) is 103 cm³/mol. The average Bonchev–Trinajstić information content (AvgIpc) is 3.39. The van der Waals surface area contributed by atoms with Crippen molar-refractivity contribution >= 4 is 32.7 Å². The Labute approximate surface area is 159 Å². The van der Waals surface area contributed by atoms with E-state index in [4.69, 9.17) is 0 Å². The number of thiophene rings is 1. The monoisotopic (exact) mass is 407 g/mol. The van der Waals surface area contributed by atoms with Gasteiger partial charge in [0.1, 0.15) is 5.01 Å². The van der Waals surface area contributed by atoms with E-state index < -0.39 is 10.0 Å². The van der Waals surface area contributed by atoms with E-state index in [0.29, 0.717) is 13.1 Å². The lowest BCUT2D eigenvalue weighted by Gasteiger charge is -2.16. The van der Waals surface area contributed by atoms with Crippen LogP contribution in [0.5, 0.6) is 0 Å². The standard InChI is InChI=1S/C17H17N3O3S3/c21-16-6-5-14(26(22,23)20-7-1-2-8-20)11-19(16)10-13-12-25-17(18-13)15-4-3-9-24-15/h3-6,9,11-12H,1-2,7-8,10H2. The molecule has 0 N–H and O–H groups in total. The van der Waals surface area contributed by atoms with Crippen molar-refractivity contribution in [1.82, 2.24) is 13.9 Å². The van der Waals surface area contributed by atoms with Crippen molar-refractivity contribution in [1.29, 1.82) is 0 Å². The lowest BCUT2D eigenvalue weighted by atomic mass is 10.4. The number of sulfonamides is 1. The lowest BCUT2D eigenvalue weighted by molar-refractivity contribution is 0.476. The van der Waals surface area contributed by atoms with Crippen LogP contribution in [-0.2, 0) is 16.6 Å². The van der Waals surface area contributed by atoms with Gasteiger partial charge in [-0.2, -0.15) is 4.31 Å². The van der Waals surface area contributed by atoms with E-state index in [1.54, 1.807) is 11.3 Å². The fourth-order valence-electron chi connectivity index (χ4n) is 2.93. The van der Waals surface area contributed by atoms with Crippen LogP contribution in [0.25, 0.3) is 9.88 Å². The Hall–Kier alpha value is -1.81. The van der Waals surface area contributed by atoms with Crippen molar-refractivity contribution in [2.75, 3.05) is 13.1 Å². The first-order chi connectivity index (χ1) is 12.5. The van der Waals surface area contributed by atoms with Crippen molar-refractivity contribution < 1.29 is 8.42 Å². The molecule has 0 aliphatic carbocycles. The van der Waals surface area contributed by atoms with E-state index in [-0.39, 0.29) is 17.0 Å². The summed E-state index contributed by atoms with van der Waals surface area (Å²) in [4.78, 5) is 18.0. The number of nitrogens with zero attached hydrogens (tertiary/aromatic N) is 3. The van der Waals surface area contributed by atoms with Gasteiger partial charge in [-0.25, -0.2) is 13.4 Å². The van der Waals surface area contributed by atoms with Gasteiger partial charge in [0.25, 0.3) is 5.56 Å². The first-order valence-electron chi connectivity index (χ1n) is 8.23. The molecule has 4 rings (SSSR count). The third kappa shape index (κ3) is 3.39. The van der Waals surface area contributed by atoms with Gasteiger partial charge in [0.05, 0.1) is 22.0 Å². The van der Waals surface area contributed by atoms with Gasteiger partial charge >= 0.3 is 0 Å². The van der Waals surface area contributed by atoms with Crippen LogP contribution in [0, 0.1) is 0 Å². The highest BCUT2D eigenvalue weighted by atomic mass is 32.2. The minimum Gasteiger partial charge on any atom is -0.308 e. The highest BCUT2D eigenvalue weighted by Crippen LogP contribution is 2.28. The van der Waals surface area contributed by atoms with Crippen molar-refractivity contribution in [2.45, 2.75) is 24.3 Å². The van der Waals surface area contributed by atoms with E-state index in [9.17, 15) is 13.2 Å². The summed E-state index contributed by atoms with van der Waals surface area (Å²) < 4.78 is 28.3. The first kappa shape index (κ1) is 17.6. The third-order valence-corrected chi connectivity index (χ3v) is 8.09. The van der Waals surface area contributed by atoms with Crippen molar-refractivity contribution in [3.63, 3.8) is 0 Å². The van der Waals surface area contributed by atoms with Crippen molar-refractivity contribution in [3.05, 3.63) is 57.3 Å². The zero-order valence-corrected chi connectivity index (χ0v) is 16.3. The molecule has 0 saturated carbocycles. The highest BCUT2D eigenvalue weighted by Gasteiger charge is 2.27. The first-order valence-corrected chi connectivity index (χ1v) is 11.4. The molecule has 3 aromatic rings. The van der Waals surface area contributed by atoms with Crippen molar-refractivity contribution in [2.24, 2.45) is 0 Å². The molecular formula is C17H17N3O3S3. The number of thiazole rings is 1. The molecular weight excluding hydrogens is 390 g/mol. The maximum absolute atomic E-state index is 12.7. The summed E-state index contributed by atoms with van der Waals surface area (Å²) in [6.45, 7) is 1.33. The topological polar surface area (TPSA) is 72.3 Å². The molecule has 136 valence electrons. The average molecular weight is 408 g/mol. The second-order valence-corrected chi connectivity index (χ2v) is 9.81. The molecule has 0 bridgehead atoms. The van der Waals surface area contributed by atoms with Gasteiger partial charge in [-0.1, -0.05) is 6.07 Å². The molecule has 0 radical (unpaired) electrons. The number of pyridine rings is 1. The van der Waals surface area contributed by atoms with Crippen LogP contribution in [0.4, 0.5) is 0 Å². The van der Waals surface area contributed by atoms with E-state index in [1.165, 1.54) is 38.5 Å². The molecule has 1 aliphatic rings. The summed E-state index contributed by atoms with van der Waals surface area (Å²) >= 11 is 3.13. The van der Waals surface area contributed by atoms with E-state index >= 15 is 0 Å². The van der Waals surface area contributed by atoms with Crippen LogP contribution in [0.2, 0.25) is 0 Å². The minimum absolute atomic E-state index is 0.160. The molecule has 1 fully saturated rings. The number of rotatable bonds is 5. The predicted octanol–water partition coefficient (Wildman–Crippen LogP) is 2.87. The molecule has 3 aromatic heterocycles. The van der Waals surface area contributed by atoms with Crippen LogP contribution in [0.15, 0.2) is 50.9 Å². The van der Waals surface area contributed by atoms with Gasteiger partial charge in [-0.15, -0.1) is 22.7 Å². The Morgan fingerprint density at radius 1 is 1.12 bits per heavy atom. The van der Waals surface area contributed by atoms with Gasteiger partial charge < -0.3 is 4.57 Å². The quantitative estimate of drug-likeness (QED) is 0.652. The minimum atomic E-state index is -3.54. The molecule has 1 saturated heterocycles.